The Bertz CT molecular complexity index is 318. The average molecular weight is 201 g/mol. The van der Waals surface area contributed by atoms with Crippen molar-refractivity contribution in [3.05, 3.63) is 40.9 Å². The first kappa shape index (κ1) is 9.30. The van der Waals surface area contributed by atoms with Gasteiger partial charge in [0.25, 0.3) is 0 Å². The monoisotopic (exact) mass is 200 g/mol. The molecule has 0 bridgehead atoms. The molecule has 0 aliphatic carbocycles. The molecule has 0 aromatic heterocycles. The van der Waals surface area contributed by atoms with Gasteiger partial charge in [0.05, 0.1) is 0 Å². The van der Waals surface area contributed by atoms with Crippen molar-refractivity contribution in [2.24, 2.45) is 0 Å². The normalized spacial score (nSPS) is 10.5. The molecule has 0 atom stereocenters. The molecule has 1 aromatic carbocycles. The van der Waals surface area contributed by atoms with E-state index in [1.807, 2.05) is 12.1 Å². The van der Waals surface area contributed by atoms with Crippen molar-refractivity contribution < 1.29 is 4.79 Å². The van der Waals surface area contributed by atoms with E-state index in [4.69, 9.17) is 23.2 Å². The molecular weight excluding hydrogens is 195 g/mol. The minimum Gasteiger partial charge on any atom is -0.276 e. The molecule has 0 spiro atoms. The van der Waals surface area contributed by atoms with E-state index in [1.165, 1.54) is 6.08 Å². The number of carbonyl (C=O) groups is 1. The Morgan fingerprint density at radius 3 is 2.58 bits per heavy atom. The third kappa shape index (κ3) is 2.68. The van der Waals surface area contributed by atoms with Gasteiger partial charge < -0.3 is 0 Å². The number of hydrogen-bond donors (Lipinski definition) is 0. The summed E-state index contributed by atoms with van der Waals surface area (Å²) in [6, 6.07) is 7.21. The van der Waals surface area contributed by atoms with Gasteiger partial charge in [-0.1, -0.05) is 29.8 Å². The fraction of sp³-hybridized carbons (Fsp3) is 0. The predicted octanol–water partition coefficient (Wildman–Crippen LogP) is 3.12. The lowest BCUT2D eigenvalue weighted by Gasteiger charge is -1.94. The molecule has 1 rings (SSSR count). The van der Waals surface area contributed by atoms with Gasteiger partial charge in [-0.25, -0.2) is 0 Å². The summed E-state index contributed by atoms with van der Waals surface area (Å²) in [4.78, 5) is 10.4. The highest BCUT2D eigenvalue weighted by molar-refractivity contribution is 6.66. The molecule has 3 heteroatoms. The summed E-state index contributed by atoms with van der Waals surface area (Å²) in [7, 11) is 0. The van der Waals surface area contributed by atoms with E-state index in [0.717, 1.165) is 5.56 Å². The quantitative estimate of drug-likeness (QED) is 0.530. The molecule has 12 heavy (non-hydrogen) atoms. The van der Waals surface area contributed by atoms with Crippen molar-refractivity contribution in [3.8, 4) is 0 Å². The van der Waals surface area contributed by atoms with Crippen molar-refractivity contribution in [1.82, 2.24) is 0 Å². The lowest BCUT2D eigenvalue weighted by atomic mass is 10.2. The summed E-state index contributed by atoms with van der Waals surface area (Å²) in [6.45, 7) is 0. The Hall–Kier alpha value is -0.790. The Labute approximate surface area is 80.6 Å². The van der Waals surface area contributed by atoms with Crippen LogP contribution in [0.15, 0.2) is 30.3 Å². The number of benzene rings is 1. The van der Waals surface area contributed by atoms with Gasteiger partial charge in [-0.05, 0) is 35.4 Å². The standard InChI is InChI=1S/C9H6Cl2O/c10-8-4-2-1-3-7(8)5-6-9(11)12/h1-6H. The van der Waals surface area contributed by atoms with Crippen LogP contribution in [0, 0.1) is 0 Å². The maximum absolute atomic E-state index is 10.4. The Balaban J connectivity index is 2.89. The first-order valence-corrected chi connectivity index (χ1v) is 4.08. The van der Waals surface area contributed by atoms with E-state index >= 15 is 0 Å². The highest BCUT2D eigenvalue weighted by Gasteiger charge is 1.93. The zero-order valence-electron chi connectivity index (χ0n) is 6.13. The summed E-state index contributed by atoms with van der Waals surface area (Å²) in [5.41, 5.74) is 0.785. The summed E-state index contributed by atoms with van der Waals surface area (Å²) in [6.07, 6.45) is 2.85. The third-order valence-electron chi connectivity index (χ3n) is 1.30. The van der Waals surface area contributed by atoms with Gasteiger partial charge in [0.15, 0.2) is 0 Å². The van der Waals surface area contributed by atoms with Crippen molar-refractivity contribution in [1.29, 1.82) is 0 Å². The van der Waals surface area contributed by atoms with Crippen molar-refractivity contribution in [3.63, 3.8) is 0 Å². The second-order valence-corrected chi connectivity index (χ2v) is 2.94. The second-order valence-electron chi connectivity index (χ2n) is 2.16. The van der Waals surface area contributed by atoms with E-state index < -0.39 is 5.24 Å². The molecular formula is C9H6Cl2O. The number of carbonyl (C=O) groups excluding carboxylic acids is 1. The number of halogens is 2. The molecule has 0 radical (unpaired) electrons. The molecule has 1 aromatic rings. The van der Waals surface area contributed by atoms with E-state index in [9.17, 15) is 4.79 Å². The van der Waals surface area contributed by atoms with Gasteiger partial charge >= 0.3 is 0 Å². The average Bonchev–Trinajstić information content (AvgIpc) is 2.03. The predicted molar refractivity (Wildman–Crippen MR) is 51.3 cm³/mol. The van der Waals surface area contributed by atoms with Crippen molar-refractivity contribution in [2.75, 3.05) is 0 Å². The van der Waals surface area contributed by atoms with Crippen LogP contribution in [-0.4, -0.2) is 5.24 Å². The van der Waals surface area contributed by atoms with Crippen LogP contribution >= 0.6 is 23.2 Å². The van der Waals surface area contributed by atoms with Crippen LogP contribution in [0.5, 0.6) is 0 Å². The van der Waals surface area contributed by atoms with Crippen LogP contribution in [-0.2, 0) is 4.79 Å². The topological polar surface area (TPSA) is 17.1 Å². The molecule has 0 amide bonds. The van der Waals surface area contributed by atoms with E-state index in [-0.39, 0.29) is 0 Å². The fourth-order valence-corrected chi connectivity index (χ4v) is 1.03. The van der Waals surface area contributed by atoms with Crippen LogP contribution in [0.1, 0.15) is 5.56 Å². The number of hydrogen-bond acceptors (Lipinski definition) is 1. The summed E-state index contributed by atoms with van der Waals surface area (Å²) >= 11 is 10.9. The minimum atomic E-state index is -0.505. The van der Waals surface area contributed by atoms with E-state index in [2.05, 4.69) is 0 Å². The Morgan fingerprint density at radius 2 is 2.00 bits per heavy atom. The molecule has 1 nitrogen and oxygen atoms in total. The molecule has 0 aliphatic rings. The molecule has 0 heterocycles. The first-order valence-electron chi connectivity index (χ1n) is 3.32. The maximum atomic E-state index is 10.4. The molecule has 0 saturated carbocycles. The second kappa shape index (κ2) is 4.29. The molecule has 0 saturated heterocycles. The molecule has 0 fully saturated rings. The van der Waals surface area contributed by atoms with Gasteiger partial charge in [-0.2, -0.15) is 0 Å². The van der Waals surface area contributed by atoms with Gasteiger partial charge in [0.2, 0.25) is 5.24 Å². The first-order chi connectivity index (χ1) is 5.70. The lowest BCUT2D eigenvalue weighted by Crippen LogP contribution is -1.77. The molecule has 0 aliphatic heterocycles. The van der Waals surface area contributed by atoms with Crippen LogP contribution in [0.2, 0.25) is 5.02 Å². The highest BCUT2D eigenvalue weighted by atomic mass is 35.5. The summed E-state index contributed by atoms with van der Waals surface area (Å²) < 4.78 is 0. The van der Waals surface area contributed by atoms with Crippen LogP contribution in [0.25, 0.3) is 6.08 Å². The van der Waals surface area contributed by atoms with Crippen LogP contribution < -0.4 is 0 Å². The van der Waals surface area contributed by atoms with Crippen LogP contribution in [0.3, 0.4) is 0 Å². The molecule has 0 unspecified atom stereocenters. The smallest absolute Gasteiger partial charge is 0.245 e. The van der Waals surface area contributed by atoms with Gasteiger partial charge in [-0.15, -0.1) is 0 Å². The molecule has 62 valence electrons. The third-order valence-corrected chi connectivity index (χ3v) is 1.77. The SMILES string of the molecule is O=C(Cl)C=Cc1ccccc1Cl. The van der Waals surface area contributed by atoms with E-state index in [1.54, 1.807) is 18.2 Å². The maximum Gasteiger partial charge on any atom is 0.245 e. The Morgan fingerprint density at radius 1 is 1.33 bits per heavy atom. The van der Waals surface area contributed by atoms with Crippen molar-refractivity contribution >= 4 is 34.5 Å². The largest absolute Gasteiger partial charge is 0.276 e. The van der Waals surface area contributed by atoms with Gasteiger partial charge in [0, 0.05) is 5.02 Å². The Kier molecular flexibility index (Phi) is 3.32. The zero-order chi connectivity index (χ0) is 8.97. The van der Waals surface area contributed by atoms with Gasteiger partial charge in [-0.3, -0.25) is 4.79 Å². The van der Waals surface area contributed by atoms with Crippen LogP contribution in [0.4, 0.5) is 0 Å². The molecule has 0 N–H and O–H groups in total. The summed E-state index contributed by atoms with van der Waals surface area (Å²) in [5.74, 6) is 0. The van der Waals surface area contributed by atoms with Crippen molar-refractivity contribution in [2.45, 2.75) is 0 Å². The van der Waals surface area contributed by atoms with E-state index in [0.29, 0.717) is 5.02 Å². The van der Waals surface area contributed by atoms with Gasteiger partial charge in [0.1, 0.15) is 0 Å². The number of allylic oxidation sites excluding steroid dienone is 1. The highest BCUT2D eigenvalue weighted by Crippen LogP contribution is 2.16. The fourth-order valence-electron chi connectivity index (χ4n) is 0.766. The zero-order valence-corrected chi connectivity index (χ0v) is 7.64. The number of rotatable bonds is 2. The minimum absolute atomic E-state index is 0.505. The summed E-state index contributed by atoms with van der Waals surface area (Å²) in [5, 5.41) is 0.0987. The lowest BCUT2D eigenvalue weighted by molar-refractivity contribution is -0.107.